The van der Waals surface area contributed by atoms with E-state index in [2.05, 4.69) is 20.2 Å². The second kappa shape index (κ2) is 7.35. The molecule has 0 spiro atoms. The Balaban J connectivity index is 1.49. The number of sulfonamides is 1. The summed E-state index contributed by atoms with van der Waals surface area (Å²) in [5.41, 5.74) is 1.99. The molecule has 2 heterocycles. The maximum Gasteiger partial charge on any atom is 0.263 e. The Morgan fingerprint density at radius 3 is 2.39 bits per heavy atom. The Labute approximate surface area is 162 Å². The number of nitrogens with zero attached hydrogens (tertiary/aromatic N) is 2. The standard InChI is InChI=1S/C19H18N4O4S/c1-13-3-2-4-14(11-13)20-18-7-8-19(22-21-18)23-28(24,25)15-5-6-16-17(12-15)27-10-9-26-16/h2-8,11-12H,9-10H2,1H3,(H,20,21)(H,22,23). The van der Waals surface area contributed by atoms with Gasteiger partial charge in [-0.2, -0.15) is 0 Å². The highest BCUT2D eigenvalue weighted by molar-refractivity contribution is 7.92. The van der Waals surface area contributed by atoms with Crippen LogP contribution in [-0.2, 0) is 10.0 Å². The minimum atomic E-state index is -3.83. The Morgan fingerprint density at radius 1 is 0.893 bits per heavy atom. The predicted molar refractivity (Wildman–Crippen MR) is 105 cm³/mol. The van der Waals surface area contributed by atoms with Gasteiger partial charge in [0.2, 0.25) is 0 Å². The van der Waals surface area contributed by atoms with E-state index in [4.69, 9.17) is 9.47 Å². The quantitative estimate of drug-likeness (QED) is 0.681. The van der Waals surface area contributed by atoms with E-state index in [1.807, 2.05) is 31.2 Å². The smallest absolute Gasteiger partial charge is 0.263 e. The van der Waals surface area contributed by atoms with Gasteiger partial charge >= 0.3 is 0 Å². The van der Waals surface area contributed by atoms with Crippen LogP contribution in [0.4, 0.5) is 17.3 Å². The summed E-state index contributed by atoms with van der Waals surface area (Å²) in [7, 11) is -3.83. The number of anilines is 3. The third kappa shape index (κ3) is 3.99. The van der Waals surface area contributed by atoms with Crippen LogP contribution in [0.3, 0.4) is 0 Å². The molecule has 0 saturated heterocycles. The summed E-state index contributed by atoms with van der Waals surface area (Å²) in [6.45, 7) is 2.81. The van der Waals surface area contributed by atoms with Gasteiger partial charge in [-0.1, -0.05) is 12.1 Å². The van der Waals surface area contributed by atoms with Crippen molar-refractivity contribution < 1.29 is 17.9 Å². The van der Waals surface area contributed by atoms with Crippen molar-refractivity contribution in [1.29, 1.82) is 0 Å². The van der Waals surface area contributed by atoms with E-state index in [0.29, 0.717) is 30.5 Å². The van der Waals surface area contributed by atoms with Gasteiger partial charge in [-0.3, -0.25) is 4.72 Å². The third-order valence-corrected chi connectivity index (χ3v) is 5.37. The average molecular weight is 398 g/mol. The number of benzene rings is 2. The molecule has 1 aliphatic rings. The first-order chi connectivity index (χ1) is 13.5. The summed E-state index contributed by atoms with van der Waals surface area (Å²) in [5.74, 6) is 1.55. The number of rotatable bonds is 5. The van der Waals surface area contributed by atoms with E-state index in [0.717, 1.165) is 11.3 Å². The molecule has 0 saturated carbocycles. The maximum atomic E-state index is 12.6. The van der Waals surface area contributed by atoms with Gasteiger partial charge < -0.3 is 14.8 Å². The molecule has 144 valence electrons. The minimum Gasteiger partial charge on any atom is -0.486 e. The van der Waals surface area contributed by atoms with Crippen LogP contribution in [0.1, 0.15) is 5.56 Å². The van der Waals surface area contributed by atoms with Crippen LogP contribution < -0.4 is 19.5 Å². The normalized spacial score (nSPS) is 13.0. The lowest BCUT2D eigenvalue weighted by Crippen LogP contribution is -2.17. The Bertz CT molecular complexity index is 1100. The maximum absolute atomic E-state index is 12.6. The Kier molecular flexibility index (Phi) is 4.74. The zero-order valence-corrected chi connectivity index (χ0v) is 15.9. The largest absolute Gasteiger partial charge is 0.486 e. The lowest BCUT2D eigenvalue weighted by Gasteiger charge is -2.18. The molecule has 2 aromatic carbocycles. The number of ether oxygens (including phenoxy) is 2. The molecule has 0 atom stereocenters. The summed E-state index contributed by atoms with van der Waals surface area (Å²) in [6, 6.07) is 15.5. The van der Waals surface area contributed by atoms with Crippen LogP contribution >= 0.6 is 0 Å². The van der Waals surface area contributed by atoms with E-state index in [-0.39, 0.29) is 10.7 Å². The van der Waals surface area contributed by atoms with Crippen LogP contribution in [0.5, 0.6) is 11.5 Å². The first-order valence-corrected chi connectivity index (χ1v) is 10.1. The summed E-state index contributed by atoms with van der Waals surface area (Å²) in [4.78, 5) is 0.0560. The highest BCUT2D eigenvalue weighted by Gasteiger charge is 2.20. The molecule has 9 heteroatoms. The first kappa shape index (κ1) is 18.1. The van der Waals surface area contributed by atoms with E-state index >= 15 is 0 Å². The molecule has 3 aromatic rings. The van der Waals surface area contributed by atoms with Gasteiger partial charge in [0.15, 0.2) is 23.1 Å². The fraction of sp³-hybridized carbons (Fsp3) is 0.158. The van der Waals surface area contributed by atoms with Crippen molar-refractivity contribution in [2.45, 2.75) is 11.8 Å². The molecule has 1 aliphatic heterocycles. The second-order valence-corrected chi connectivity index (χ2v) is 7.89. The van der Waals surface area contributed by atoms with Crippen LogP contribution in [0.25, 0.3) is 0 Å². The average Bonchev–Trinajstić information content (AvgIpc) is 2.69. The Morgan fingerprint density at radius 2 is 1.64 bits per heavy atom. The van der Waals surface area contributed by atoms with Gasteiger partial charge in [0.05, 0.1) is 4.90 Å². The molecular formula is C19H18N4O4S. The predicted octanol–water partition coefficient (Wildman–Crippen LogP) is 3.10. The van der Waals surface area contributed by atoms with Gasteiger partial charge in [0.25, 0.3) is 10.0 Å². The van der Waals surface area contributed by atoms with Gasteiger partial charge in [0, 0.05) is 11.8 Å². The number of aromatic nitrogens is 2. The van der Waals surface area contributed by atoms with Crippen molar-refractivity contribution in [3.05, 3.63) is 60.2 Å². The van der Waals surface area contributed by atoms with Crippen LogP contribution in [0.15, 0.2) is 59.5 Å². The van der Waals surface area contributed by atoms with Crippen molar-refractivity contribution in [2.75, 3.05) is 23.3 Å². The molecule has 2 N–H and O–H groups in total. The van der Waals surface area contributed by atoms with Gasteiger partial charge in [0.1, 0.15) is 13.2 Å². The molecule has 1 aromatic heterocycles. The number of nitrogens with one attached hydrogen (secondary N) is 2. The summed E-state index contributed by atoms with van der Waals surface area (Å²) in [5, 5.41) is 11.1. The van der Waals surface area contributed by atoms with Gasteiger partial charge in [-0.05, 0) is 48.9 Å². The number of aryl methyl sites for hydroxylation is 1. The van der Waals surface area contributed by atoms with Crippen LogP contribution in [0.2, 0.25) is 0 Å². The second-order valence-electron chi connectivity index (χ2n) is 6.21. The number of fused-ring (bicyclic) bond motifs is 1. The highest BCUT2D eigenvalue weighted by atomic mass is 32.2. The van der Waals surface area contributed by atoms with Gasteiger partial charge in [-0.15, -0.1) is 10.2 Å². The molecule has 0 radical (unpaired) electrons. The van der Waals surface area contributed by atoms with E-state index in [1.54, 1.807) is 18.2 Å². The Hall–Kier alpha value is -3.33. The van der Waals surface area contributed by atoms with Gasteiger partial charge in [-0.25, -0.2) is 8.42 Å². The molecule has 0 unspecified atom stereocenters. The zero-order chi connectivity index (χ0) is 19.6. The molecule has 0 bridgehead atoms. The van der Waals surface area contributed by atoms with Crippen LogP contribution in [-0.4, -0.2) is 31.8 Å². The van der Waals surface area contributed by atoms with E-state index in [1.165, 1.54) is 12.1 Å². The van der Waals surface area contributed by atoms with E-state index < -0.39 is 10.0 Å². The van der Waals surface area contributed by atoms with Crippen LogP contribution in [0, 0.1) is 6.92 Å². The summed E-state index contributed by atoms with van der Waals surface area (Å²) in [6.07, 6.45) is 0. The minimum absolute atomic E-state index is 0.0560. The highest BCUT2D eigenvalue weighted by Crippen LogP contribution is 2.32. The van der Waals surface area contributed by atoms with Crippen molar-refractivity contribution in [1.82, 2.24) is 10.2 Å². The molecule has 0 aliphatic carbocycles. The summed E-state index contributed by atoms with van der Waals surface area (Å²) >= 11 is 0. The number of hydrogen-bond donors (Lipinski definition) is 2. The molecule has 0 amide bonds. The van der Waals surface area contributed by atoms with Crippen molar-refractivity contribution in [2.24, 2.45) is 0 Å². The third-order valence-electron chi connectivity index (χ3n) is 4.02. The lowest BCUT2D eigenvalue weighted by atomic mass is 10.2. The molecule has 28 heavy (non-hydrogen) atoms. The molecule has 8 nitrogen and oxygen atoms in total. The van der Waals surface area contributed by atoms with Crippen molar-refractivity contribution in [3.8, 4) is 11.5 Å². The van der Waals surface area contributed by atoms with E-state index in [9.17, 15) is 8.42 Å². The SMILES string of the molecule is Cc1cccc(Nc2ccc(NS(=O)(=O)c3ccc4c(c3)OCCO4)nn2)c1. The topological polar surface area (TPSA) is 102 Å². The molecule has 0 fully saturated rings. The van der Waals surface area contributed by atoms with Crippen molar-refractivity contribution in [3.63, 3.8) is 0 Å². The monoisotopic (exact) mass is 398 g/mol. The fourth-order valence-corrected chi connectivity index (χ4v) is 3.72. The molecular weight excluding hydrogens is 380 g/mol. The summed E-state index contributed by atoms with van der Waals surface area (Å²) < 4.78 is 38.5. The number of hydrogen-bond acceptors (Lipinski definition) is 7. The first-order valence-electron chi connectivity index (χ1n) is 8.59. The van der Waals surface area contributed by atoms with Crippen molar-refractivity contribution >= 4 is 27.3 Å². The fourth-order valence-electron chi connectivity index (χ4n) is 2.71. The zero-order valence-electron chi connectivity index (χ0n) is 15.0. The lowest BCUT2D eigenvalue weighted by molar-refractivity contribution is 0.171. The molecule has 4 rings (SSSR count).